The van der Waals surface area contributed by atoms with Crippen LogP contribution in [0.15, 0.2) is 64.5 Å². The zero-order chi connectivity index (χ0) is 20.4. The molecule has 0 aliphatic carbocycles. The van der Waals surface area contributed by atoms with Gasteiger partial charge in [0.25, 0.3) is 5.22 Å². The van der Waals surface area contributed by atoms with Crippen molar-refractivity contribution in [2.75, 3.05) is 5.75 Å². The largest absolute Gasteiger partial charge is 0.411 e. The van der Waals surface area contributed by atoms with E-state index in [0.29, 0.717) is 16.7 Å². The maximum absolute atomic E-state index is 12.9. The Morgan fingerprint density at radius 2 is 1.83 bits per heavy atom. The standard InChI is InChI=1S/C22H20N4O2S/c1-14-6-4-5-7-19(14)26-15(2)12-18(16(26)3)20(27)13-29-22-25-24-21(28-22)17-8-10-23-11-9-17/h4-12H,13H2,1-3H3. The monoisotopic (exact) mass is 404 g/mol. The van der Waals surface area contributed by atoms with Crippen LogP contribution in [-0.2, 0) is 0 Å². The molecule has 0 spiro atoms. The van der Waals surface area contributed by atoms with Gasteiger partial charge in [0.15, 0.2) is 5.78 Å². The third-order valence-corrected chi connectivity index (χ3v) is 5.57. The van der Waals surface area contributed by atoms with Crippen LogP contribution in [0.2, 0.25) is 0 Å². The molecule has 146 valence electrons. The van der Waals surface area contributed by atoms with Gasteiger partial charge in [-0.15, -0.1) is 10.2 Å². The van der Waals surface area contributed by atoms with E-state index < -0.39 is 0 Å². The van der Waals surface area contributed by atoms with E-state index in [0.717, 1.165) is 28.2 Å². The van der Waals surface area contributed by atoms with Crippen LogP contribution >= 0.6 is 11.8 Å². The first-order valence-corrected chi connectivity index (χ1v) is 10.2. The number of Topliss-reactive ketones (excluding diaryl/α,β-unsaturated/α-hetero) is 1. The van der Waals surface area contributed by atoms with Gasteiger partial charge in [0.1, 0.15) is 0 Å². The second-order valence-electron chi connectivity index (χ2n) is 6.73. The SMILES string of the molecule is Cc1ccccc1-n1c(C)cc(C(=O)CSc2nnc(-c3ccncc3)o2)c1C. The smallest absolute Gasteiger partial charge is 0.277 e. The van der Waals surface area contributed by atoms with E-state index in [1.165, 1.54) is 11.8 Å². The molecule has 4 rings (SSSR count). The Morgan fingerprint density at radius 3 is 2.59 bits per heavy atom. The number of thioether (sulfide) groups is 1. The van der Waals surface area contributed by atoms with E-state index in [4.69, 9.17) is 4.42 Å². The Morgan fingerprint density at radius 1 is 1.07 bits per heavy atom. The fraction of sp³-hybridized carbons (Fsp3) is 0.182. The first kappa shape index (κ1) is 19.1. The van der Waals surface area contributed by atoms with E-state index in [1.807, 2.05) is 32.0 Å². The van der Waals surface area contributed by atoms with Gasteiger partial charge in [-0.05, 0) is 50.6 Å². The van der Waals surface area contributed by atoms with Gasteiger partial charge in [-0.3, -0.25) is 9.78 Å². The van der Waals surface area contributed by atoms with Crippen LogP contribution < -0.4 is 0 Å². The van der Waals surface area contributed by atoms with Gasteiger partial charge < -0.3 is 8.98 Å². The van der Waals surface area contributed by atoms with Crippen LogP contribution in [0.3, 0.4) is 0 Å². The molecular formula is C22H20N4O2S. The molecule has 0 fully saturated rings. The van der Waals surface area contributed by atoms with Crippen molar-refractivity contribution in [1.82, 2.24) is 19.7 Å². The number of hydrogen-bond donors (Lipinski definition) is 0. The zero-order valence-electron chi connectivity index (χ0n) is 16.4. The quantitative estimate of drug-likeness (QED) is 0.339. The minimum Gasteiger partial charge on any atom is -0.411 e. The molecule has 4 aromatic rings. The molecule has 29 heavy (non-hydrogen) atoms. The van der Waals surface area contributed by atoms with Crippen LogP contribution in [0.4, 0.5) is 0 Å². The normalized spacial score (nSPS) is 11.0. The predicted molar refractivity (Wildman–Crippen MR) is 113 cm³/mol. The number of ketones is 1. The summed E-state index contributed by atoms with van der Waals surface area (Å²) in [6.45, 7) is 6.06. The lowest BCUT2D eigenvalue weighted by Gasteiger charge is -2.12. The fourth-order valence-electron chi connectivity index (χ4n) is 3.31. The molecule has 0 aliphatic rings. The number of aryl methyl sites for hydroxylation is 2. The van der Waals surface area contributed by atoms with Crippen molar-refractivity contribution in [3.8, 4) is 17.1 Å². The fourth-order valence-corrected chi connectivity index (χ4v) is 3.96. The van der Waals surface area contributed by atoms with Crippen molar-refractivity contribution in [2.24, 2.45) is 0 Å². The molecule has 3 aromatic heterocycles. The molecule has 0 saturated carbocycles. The van der Waals surface area contributed by atoms with Gasteiger partial charge in [-0.1, -0.05) is 30.0 Å². The number of pyridine rings is 1. The lowest BCUT2D eigenvalue weighted by Crippen LogP contribution is -2.06. The number of para-hydroxylation sites is 1. The van der Waals surface area contributed by atoms with E-state index in [9.17, 15) is 4.79 Å². The number of carbonyl (C=O) groups is 1. The van der Waals surface area contributed by atoms with Gasteiger partial charge >= 0.3 is 0 Å². The highest BCUT2D eigenvalue weighted by molar-refractivity contribution is 7.99. The topological polar surface area (TPSA) is 73.8 Å². The number of rotatable bonds is 6. The van der Waals surface area contributed by atoms with Crippen molar-refractivity contribution in [2.45, 2.75) is 26.0 Å². The van der Waals surface area contributed by atoms with Gasteiger partial charge in [-0.2, -0.15) is 0 Å². The number of nitrogens with zero attached hydrogens (tertiary/aromatic N) is 4. The summed E-state index contributed by atoms with van der Waals surface area (Å²) in [5, 5.41) is 8.45. The molecule has 0 bridgehead atoms. The minimum absolute atomic E-state index is 0.0339. The second kappa shape index (κ2) is 8.05. The summed E-state index contributed by atoms with van der Waals surface area (Å²) in [5.41, 5.74) is 5.73. The molecule has 0 unspecified atom stereocenters. The average molecular weight is 404 g/mol. The summed E-state index contributed by atoms with van der Waals surface area (Å²) < 4.78 is 7.78. The molecule has 0 radical (unpaired) electrons. The lowest BCUT2D eigenvalue weighted by atomic mass is 10.1. The maximum Gasteiger partial charge on any atom is 0.277 e. The number of hydrogen-bond acceptors (Lipinski definition) is 6. The van der Waals surface area contributed by atoms with Crippen LogP contribution in [0.5, 0.6) is 0 Å². The Kier molecular flexibility index (Phi) is 5.31. The summed E-state index contributed by atoms with van der Waals surface area (Å²) in [5.74, 6) is 0.683. The predicted octanol–water partition coefficient (Wildman–Crippen LogP) is 4.82. The van der Waals surface area contributed by atoms with Crippen molar-refractivity contribution >= 4 is 17.5 Å². The lowest BCUT2D eigenvalue weighted by molar-refractivity contribution is 0.102. The Labute approximate surface area is 173 Å². The van der Waals surface area contributed by atoms with Crippen LogP contribution in [0.1, 0.15) is 27.3 Å². The highest BCUT2D eigenvalue weighted by Crippen LogP contribution is 2.26. The Balaban J connectivity index is 1.51. The van der Waals surface area contributed by atoms with Crippen LogP contribution in [0, 0.1) is 20.8 Å². The Hall–Kier alpha value is -3.19. The summed E-state index contributed by atoms with van der Waals surface area (Å²) in [6.07, 6.45) is 3.33. The minimum atomic E-state index is 0.0339. The first-order chi connectivity index (χ1) is 14.0. The van der Waals surface area contributed by atoms with Crippen LogP contribution in [0.25, 0.3) is 17.1 Å². The van der Waals surface area contributed by atoms with Crippen LogP contribution in [-0.4, -0.2) is 31.3 Å². The first-order valence-electron chi connectivity index (χ1n) is 9.19. The average Bonchev–Trinajstić information content (AvgIpc) is 3.32. The van der Waals surface area contributed by atoms with E-state index in [2.05, 4.69) is 38.8 Å². The maximum atomic E-state index is 12.9. The van der Waals surface area contributed by atoms with Gasteiger partial charge in [0, 0.05) is 40.6 Å². The van der Waals surface area contributed by atoms with Crippen molar-refractivity contribution in [3.05, 3.63) is 77.4 Å². The third kappa shape index (κ3) is 3.86. The molecule has 6 nitrogen and oxygen atoms in total. The van der Waals surface area contributed by atoms with Crippen molar-refractivity contribution in [3.63, 3.8) is 0 Å². The van der Waals surface area contributed by atoms with Crippen molar-refractivity contribution in [1.29, 1.82) is 0 Å². The third-order valence-electron chi connectivity index (χ3n) is 4.75. The highest BCUT2D eigenvalue weighted by atomic mass is 32.2. The molecule has 0 N–H and O–H groups in total. The highest BCUT2D eigenvalue weighted by Gasteiger charge is 2.19. The summed E-state index contributed by atoms with van der Waals surface area (Å²) in [4.78, 5) is 16.8. The molecular weight excluding hydrogens is 384 g/mol. The van der Waals surface area contributed by atoms with Gasteiger partial charge in [0.2, 0.25) is 5.89 Å². The van der Waals surface area contributed by atoms with E-state index in [1.54, 1.807) is 24.5 Å². The Bertz CT molecular complexity index is 1160. The number of carbonyl (C=O) groups excluding carboxylic acids is 1. The zero-order valence-corrected chi connectivity index (χ0v) is 17.2. The number of aromatic nitrogens is 4. The van der Waals surface area contributed by atoms with E-state index >= 15 is 0 Å². The number of benzene rings is 1. The van der Waals surface area contributed by atoms with Gasteiger partial charge in [-0.25, -0.2) is 0 Å². The van der Waals surface area contributed by atoms with Gasteiger partial charge in [0.05, 0.1) is 5.75 Å². The summed E-state index contributed by atoms with van der Waals surface area (Å²) in [7, 11) is 0. The molecule has 7 heteroatoms. The summed E-state index contributed by atoms with van der Waals surface area (Å²) >= 11 is 1.25. The summed E-state index contributed by atoms with van der Waals surface area (Å²) in [6, 6.07) is 13.7. The molecule has 1 aromatic carbocycles. The molecule has 0 aliphatic heterocycles. The second-order valence-corrected chi connectivity index (χ2v) is 7.65. The van der Waals surface area contributed by atoms with Crippen molar-refractivity contribution < 1.29 is 9.21 Å². The molecule has 0 saturated heterocycles. The molecule has 0 amide bonds. The van der Waals surface area contributed by atoms with E-state index in [-0.39, 0.29) is 11.5 Å². The molecule has 3 heterocycles. The molecule has 0 atom stereocenters.